The van der Waals surface area contributed by atoms with Crippen LogP contribution in [0.2, 0.25) is 5.15 Å². The van der Waals surface area contributed by atoms with Crippen molar-refractivity contribution < 1.29 is 4.39 Å². The van der Waals surface area contributed by atoms with Crippen molar-refractivity contribution in [2.45, 2.75) is 39.8 Å². The summed E-state index contributed by atoms with van der Waals surface area (Å²) in [6.07, 6.45) is 0. The van der Waals surface area contributed by atoms with Crippen molar-refractivity contribution in [3.8, 4) is 11.5 Å². The molecule has 4 N–H and O–H groups in total. The van der Waals surface area contributed by atoms with Gasteiger partial charge in [0, 0.05) is 18.2 Å². The summed E-state index contributed by atoms with van der Waals surface area (Å²) in [6, 6.07) is 1.30. The van der Waals surface area contributed by atoms with E-state index in [0.29, 0.717) is 11.9 Å². The Hall–Kier alpha value is -2.22. The number of nitrogens with one attached hydrogen (secondary N) is 2. The van der Waals surface area contributed by atoms with Gasteiger partial charge in [0.05, 0.1) is 5.69 Å². The van der Waals surface area contributed by atoms with Gasteiger partial charge in [0.1, 0.15) is 5.69 Å². The Morgan fingerprint density at radius 1 is 1.00 bits per heavy atom. The molecule has 0 unspecified atom stereocenters. The van der Waals surface area contributed by atoms with Crippen molar-refractivity contribution in [3.05, 3.63) is 17.0 Å². The number of nitrogens with zero attached hydrogens (tertiary/aromatic N) is 4. The lowest BCUT2D eigenvalue weighted by Gasteiger charge is -2.13. The number of nitrogens with two attached hydrogens (primary N) is 1. The van der Waals surface area contributed by atoms with Crippen LogP contribution in [0.4, 0.5) is 22.0 Å². The molecule has 23 heavy (non-hydrogen) atoms. The minimum atomic E-state index is -0.649. The summed E-state index contributed by atoms with van der Waals surface area (Å²) in [4.78, 5) is 16.6. The minimum absolute atomic E-state index is 0.00134. The number of rotatable bonds is 5. The maximum atomic E-state index is 14.2. The van der Waals surface area contributed by atoms with Crippen molar-refractivity contribution in [2.24, 2.45) is 0 Å². The molecule has 0 aliphatic heterocycles. The highest BCUT2D eigenvalue weighted by atomic mass is 35.5. The third-order valence-electron chi connectivity index (χ3n) is 2.64. The molecule has 0 fully saturated rings. The van der Waals surface area contributed by atoms with Gasteiger partial charge in [-0.25, -0.2) is 9.37 Å². The van der Waals surface area contributed by atoms with Crippen LogP contribution in [0.5, 0.6) is 0 Å². The van der Waals surface area contributed by atoms with Gasteiger partial charge in [-0.2, -0.15) is 15.0 Å². The molecular formula is C14H19ClFN7. The molecule has 0 saturated carbocycles. The molecule has 0 aliphatic rings. The van der Waals surface area contributed by atoms with E-state index in [1.807, 2.05) is 27.7 Å². The van der Waals surface area contributed by atoms with E-state index >= 15 is 0 Å². The Morgan fingerprint density at radius 2 is 1.52 bits per heavy atom. The molecule has 2 rings (SSSR count). The van der Waals surface area contributed by atoms with Gasteiger partial charge in [-0.05, 0) is 27.7 Å². The van der Waals surface area contributed by atoms with Crippen LogP contribution in [-0.4, -0.2) is 32.0 Å². The van der Waals surface area contributed by atoms with E-state index < -0.39 is 5.82 Å². The molecule has 0 atom stereocenters. The van der Waals surface area contributed by atoms with Crippen molar-refractivity contribution >= 4 is 29.2 Å². The van der Waals surface area contributed by atoms with Crippen LogP contribution in [0.3, 0.4) is 0 Å². The second kappa shape index (κ2) is 6.91. The lowest BCUT2D eigenvalue weighted by molar-refractivity contribution is 0.624. The average molecular weight is 340 g/mol. The highest BCUT2D eigenvalue weighted by Crippen LogP contribution is 2.25. The zero-order chi connectivity index (χ0) is 17.1. The van der Waals surface area contributed by atoms with Gasteiger partial charge >= 0.3 is 0 Å². The van der Waals surface area contributed by atoms with E-state index in [9.17, 15) is 4.39 Å². The number of hydrogen-bond donors (Lipinski definition) is 3. The first-order valence-corrected chi connectivity index (χ1v) is 7.55. The molecule has 0 amide bonds. The first-order valence-electron chi connectivity index (χ1n) is 7.17. The maximum Gasteiger partial charge on any atom is 0.228 e. The van der Waals surface area contributed by atoms with Crippen LogP contribution in [0, 0.1) is 5.82 Å². The van der Waals surface area contributed by atoms with E-state index in [1.165, 1.54) is 0 Å². The summed E-state index contributed by atoms with van der Waals surface area (Å²) >= 11 is 5.88. The molecule has 0 radical (unpaired) electrons. The molecule has 7 nitrogen and oxygen atoms in total. The van der Waals surface area contributed by atoms with E-state index in [2.05, 4.69) is 30.6 Å². The second-order valence-corrected chi connectivity index (χ2v) is 5.96. The highest BCUT2D eigenvalue weighted by molar-refractivity contribution is 6.31. The largest absolute Gasteiger partial charge is 0.396 e. The summed E-state index contributed by atoms with van der Waals surface area (Å²) in [5.74, 6) is 0.0689. The first kappa shape index (κ1) is 17.1. The normalized spacial score (nSPS) is 11.1. The van der Waals surface area contributed by atoms with Gasteiger partial charge < -0.3 is 16.4 Å². The number of halogens is 2. The van der Waals surface area contributed by atoms with Crippen molar-refractivity contribution in [1.82, 2.24) is 19.9 Å². The molecule has 2 aromatic heterocycles. The van der Waals surface area contributed by atoms with E-state index in [1.54, 1.807) is 0 Å². The topological polar surface area (TPSA) is 102 Å². The van der Waals surface area contributed by atoms with Crippen LogP contribution >= 0.6 is 11.6 Å². The fourth-order valence-corrected chi connectivity index (χ4v) is 1.90. The van der Waals surface area contributed by atoms with Crippen LogP contribution in [0.1, 0.15) is 27.7 Å². The molecule has 2 aromatic rings. The van der Waals surface area contributed by atoms with Crippen LogP contribution in [0.25, 0.3) is 11.5 Å². The predicted molar refractivity (Wildman–Crippen MR) is 90.0 cm³/mol. The summed E-state index contributed by atoms with van der Waals surface area (Å²) in [5.41, 5.74) is 5.53. The van der Waals surface area contributed by atoms with Gasteiger partial charge in [-0.3, -0.25) is 0 Å². The van der Waals surface area contributed by atoms with Gasteiger partial charge in [0.25, 0.3) is 0 Å². The molecule has 0 saturated heterocycles. The third-order valence-corrected chi connectivity index (χ3v) is 2.94. The zero-order valence-corrected chi connectivity index (χ0v) is 14.1. The van der Waals surface area contributed by atoms with E-state index in [0.717, 1.165) is 6.07 Å². The number of anilines is 3. The first-order chi connectivity index (χ1) is 10.8. The Morgan fingerprint density at radius 3 is 2.00 bits per heavy atom. The predicted octanol–water partition coefficient (Wildman–Crippen LogP) is 2.95. The number of hydrogen-bond acceptors (Lipinski definition) is 7. The van der Waals surface area contributed by atoms with Crippen molar-refractivity contribution in [3.63, 3.8) is 0 Å². The number of nitrogen functional groups attached to an aromatic ring is 1. The van der Waals surface area contributed by atoms with Gasteiger partial charge in [-0.1, -0.05) is 11.6 Å². The molecule has 2 heterocycles. The molecule has 0 aromatic carbocycles. The smallest absolute Gasteiger partial charge is 0.228 e. The third kappa shape index (κ3) is 4.38. The quantitative estimate of drug-likeness (QED) is 0.720. The summed E-state index contributed by atoms with van der Waals surface area (Å²) in [5, 5.41) is 6.13. The fourth-order valence-electron chi connectivity index (χ4n) is 1.76. The molecule has 124 valence electrons. The van der Waals surface area contributed by atoms with Crippen LogP contribution in [0.15, 0.2) is 6.07 Å². The van der Waals surface area contributed by atoms with Crippen LogP contribution in [-0.2, 0) is 0 Å². The SMILES string of the molecule is CC(C)Nc1nc(NC(C)C)nc(-c2nc(Cl)c(N)cc2F)n1. The Labute approximate surface area is 138 Å². The monoisotopic (exact) mass is 339 g/mol. The number of pyridine rings is 1. The van der Waals surface area contributed by atoms with Crippen LogP contribution < -0.4 is 16.4 Å². The lowest BCUT2D eigenvalue weighted by atomic mass is 10.3. The Balaban J connectivity index is 2.54. The van der Waals surface area contributed by atoms with Crippen molar-refractivity contribution in [1.29, 1.82) is 0 Å². The average Bonchev–Trinajstić information content (AvgIpc) is 2.41. The Bertz CT molecular complexity index is 678. The Kier molecular flexibility index (Phi) is 5.15. The molecular weight excluding hydrogens is 321 g/mol. The summed E-state index contributed by atoms with van der Waals surface area (Å²) < 4.78 is 14.2. The highest BCUT2D eigenvalue weighted by Gasteiger charge is 2.17. The fraction of sp³-hybridized carbons (Fsp3) is 0.429. The van der Waals surface area contributed by atoms with Gasteiger partial charge in [0.15, 0.2) is 16.8 Å². The van der Waals surface area contributed by atoms with E-state index in [4.69, 9.17) is 17.3 Å². The maximum absolute atomic E-state index is 14.2. The molecule has 0 bridgehead atoms. The van der Waals surface area contributed by atoms with Gasteiger partial charge in [-0.15, -0.1) is 0 Å². The molecule has 9 heteroatoms. The van der Waals surface area contributed by atoms with Crippen molar-refractivity contribution in [2.75, 3.05) is 16.4 Å². The second-order valence-electron chi connectivity index (χ2n) is 5.60. The summed E-state index contributed by atoms with van der Waals surface area (Å²) in [6.45, 7) is 7.77. The number of aromatic nitrogens is 4. The summed E-state index contributed by atoms with van der Waals surface area (Å²) in [7, 11) is 0. The standard InChI is InChI=1S/C14H19ClFN7/c1-6(2)18-13-21-12(22-14(23-13)19-7(3)4)10-8(16)5-9(17)11(15)20-10/h5-7H,17H2,1-4H3,(H2,18,19,21,22,23). The zero-order valence-electron chi connectivity index (χ0n) is 13.4. The molecule has 0 aliphatic carbocycles. The molecule has 0 spiro atoms. The minimum Gasteiger partial charge on any atom is -0.396 e. The van der Waals surface area contributed by atoms with E-state index in [-0.39, 0.29) is 34.4 Å². The van der Waals surface area contributed by atoms with Gasteiger partial charge in [0.2, 0.25) is 11.9 Å². The lowest BCUT2D eigenvalue weighted by Crippen LogP contribution is -2.18.